The number of likely N-dealkylation sites (tertiary alicyclic amines) is 1. The molecule has 0 spiro atoms. The zero-order valence-electron chi connectivity index (χ0n) is 11.4. The van der Waals surface area contributed by atoms with E-state index >= 15 is 0 Å². The van der Waals surface area contributed by atoms with Gasteiger partial charge in [-0.05, 0) is 30.0 Å². The number of furan rings is 1. The van der Waals surface area contributed by atoms with E-state index in [1.54, 1.807) is 6.26 Å². The Morgan fingerprint density at radius 2 is 1.80 bits per heavy atom. The predicted octanol–water partition coefficient (Wildman–Crippen LogP) is 1.64. The van der Waals surface area contributed by atoms with Gasteiger partial charge in [-0.1, -0.05) is 0 Å². The first kappa shape index (κ1) is 11.9. The second kappa shape index (κ2) is 4.90. The molecule has 4 heterocycles. The molecule has 2 aliphatic heterocycles. The van der Waals surface area contributed by atoms with E-state index < -0.39 is 0 Å². The van der Waals surface area contributed by atoms with Crippen LogP contribution in [-0.2, 0) is 6.54 Å². The molecule has 2 atom stereocenters. The Balaban J connectivity index is 1.38. The molecule has 20 heavy (non-hydrogen) atoms. The van der Waals surface area contributed by atoms with E-state index in [4.69, 9.17) is 4.42 Å². The van der Waals surface area contributed by atoms with Crippen molar-refractivity contribution < 1.29 is 4.42 Å². The first-order valence-electron chi connectivity index (χ1n) is 7.15. The molecule has 0 amide bonds. The van der Waals surface area contributed by atoms with E-state index in [0.717, 1.165) is 56.3 Å². The number of hydrogen-bond donors (Lipinski definition) is 0. The highest BCUT2D eigenvalue weighted by atomic mass is 16.3. The summed E-state index contributed by atoms with van der Waals surface area (Å²) in [6, 6.07) is 5.88. The van der Waals surface area contributed by atoms with Gasteiger partial charge >= 0.3 is 0 Å². The lowest BCUT2D eigenvalue weighted by molar-refractivity contribution is 0.280. The van der Waals surface area contributed by atoms with E-state index in [-0.39, 0.29) is 0 Å². The number of anilines is 1. The Morgan fingerprint density at radius 3 is 2.45 bits per heavy atom. The molecule has 0 aliphatic carbocycles. The van der Waals surface area contributed by atoms with Gasteiger partial charge in [-0.25, -0.2) is 9.97 Å². The highest BCUT2D eigenvalue weighted by molar-refractivity contribution is 5.31. The zero-order valence-corrected chi connectivity index (χ0v) is 11.4. The molecule has 4 rings (SSSR count). The molecule has 0 aromatic carbocycles. The fraction of sp³-hybridized carbons (Fsp3) is 0.467. The summed E-state index contributed by atoms with van der Waals surface area (Å²) < 4.78 is 5.44. The second-order valence-corrected chi connectivity index (χ2v) is 5.75. The zero-order chi connectivity index (χ0) is 13.4. The quantitative estimate of drug-likeness (QED) is 0.848. The lowest BCUT2D eigenvalue weighted by atomic mass is 10.0. The normalized spacial score (nSPS) is 26.1. The topological polar surface area (TPSA) is 45.4 Å². The third-order valence-electron chi connectivity index (χ3n) is 4.36. The largest absolute Gasteiger partial charge is 0.468 e. The molecular formula is C15H18N4O. The van der Waals surface area contributed by atoms with Crippen molar-refractivity contribution in [2.24, 2.45) is 11.8 Å². The van der Waals surface area contributed by atoms with Gasteiger partial charge in [0.15, 0.2) is 0 Å². The maximum atomic E-state index is 5.44. The van der Waals surface area contributed by atoms with Crippen LogP contribution in [0.1, 0.15) is 5.76 Å². The Bertz CT molecular complexity index is 543. The average Bonchev–Trinajstić information content (AvgIpc) is 3.16. The molecule has 2 aromatic rings. The van der Waals surface area contributed by atoms with Gasteiger partial charge in [0, 0.05) is 38.6 Å². The summed E-state index contributed by atoms with van der Waals surface area (Å²) in [5.74, 6) is 3.40. The summed E-state index contributed by atoms with van der Waals surface area (Å²) in [5, 5.41) is 0. The summed E-state index contributed by atoms with van der Waals surface area (Å²) in [7, 11) is 0. The lowest BCUT2D eigenvalue weighted by Gasteiger charge is -2.20. The average molecular weight is 270 g/mol. The van der Waals surface area contributed by atoms with E-state index in [1.165, 1.54) is 0 Å². The predicted molar refractivity (Wildman–Crippen MR) is 75.2 cm³/mol. The fourth-order valence-electron chi connectivity index (χ4n) is 3.46. The van der Waals surface area contributed by atoms with Crippen molar-refractivity contribution in [2.45, 2.75) is 6.54 Å². The van der Waals surface area contributed by atoms with Crippen LogP contribution in [-0.4, -0.2) is 41.0 Å². The van der Waals surface area contributed by atoms with Crippen LogP contribution in [0.5, 0.6) is 0 Å². The van der Waals surface area contributed by atoms with Gasteiger partial charge in [-0.3, -0.25) is 4.90 Å². The standard InChI is InChI=1S/C15H18N4O/c1-3-14(20-6-1)11-18-7-12-9-19(10-13(12)8-18)15-16-4-2-5-17-15/h1-6,12-13H,7-11H2/t12-,13-/m0/s1. The van der Waals surface area contributed by atoms with Gasteiger partial charge < -0.3 is 9.32 Å². The SMILES string of the molecule is c1cnc(N2C[C@@H]3CN(Cc4ccco4)C[C@H]3C2)nc1. The maximum Gasteiger partial charge on any atom is 0.225 e. The lowest BCUT2D eigenvalue weighted by Crippen LogP contribution is -2.29. The van der Waals surface area contributed by atoms with Crippen molar-refractivity contribution in [3.8, 4) is 0 Å². The molecule has 0 radical (unpaired) electrons. The number of fused-ring (bicyclic) bond motifs is 1. The minimum absolute atomic E-state index is 0.730. The first-order chi connectivity index (χ1) is 9.88. The molecule has 5 nitrogen and oxygen atoms in total. The third kappa shape index (κ3) is 2.18. The van der Waals surface area contributed by atoms with E-state index in [0.29, 0.717) is 0 Å². The van der Waals surface area contributed by atoms with Crippen LogP contribution >= 0.6 is 0 Å². The molecule has 5 heteroatoms. The second-order valence-electron chi connectivity index (χ2n) is 5.75. The van der Waals surface area contributed by atoms with E-state index in [9.17, 15) is 0 Å². The molecule has 2 fully saturated rings. The van der Waals surface area contributed by atoms with Gasteiger partial charge in [0.05, 0.1) is 12.8 Å². The number of nitrogens with zero attached hydrogens (tertiary/aromatic N) is 4. The summed E-state index contributed by atoms with van der Waals surface area (Å²) >= 11 is 0. The van der Waals surface area contributed by atoms with Crippen molar-refractivity contribution in [1.29, 1.82) is 0 Å². The third-order valence-corrected chi connectivity index (χ3v) is 4.36. The minimum atomic E-state index is 0.730. The van der Waals surface area contributed by atoms with Crippen molar-refractivity contribution in [3.05, 3.63) is 42.6 Å². The van der Waals surface area contributed by atoms with Crippen LogP contribution in [0.4, 0.5) is 5.95 Å². The number of hydrogen-bond acceptors (Lipinski definition) is 5. The fourth-order valence-corrected chi connectivity index (χ4v) is 3.46. The van der Waals surface area contributed by atoms with Crippen molar-refractivity contribution in [2.75, 3.05) is 31.1 Å². The van der Waals surface area contributed by atoms with E-state index in [1.807, 2.05) is 24.5 Å². The van der Waals surface area contributed by atoms with Gasteiger partial charge in [-0.15, -0.1) is 0 Å². The van der Waals surface area contributed by atoms with Crippen LogP contribution in [0.3, 0.4) is 0 Å². The molecule has 0 saturated carbocycles. The Morgan fingerprint density at radius 1 is 1.05 bits per heavy atom. The molecule has 0 unspecified atom stereocenters. The molecular weight excluding hydrogens is 252 g/mol. The van der Waals surface area contributed by atoms with Gasteiger partial charge in [0.2, 0.25) is 5.95 Å². The van der Waals surface area contributed by atoms with Crippen LogP contribution in [0.15, 0.2) is 41.3 Å². The van der Waals surface area contributed by atoms with Gasteiger partial charge in [0.25, 0.3) is 0 Å². The number of rotatable bonds is 3. The highest BCUT2D eigenvalue weighted by Crippen LogP contribution is 2.33. The van der Waals surface area contributed by atoms with Crippen LogP contribution in [0.25, 0.3) is 0 Å². The Hall–Kier alpha value is -1.88. The molecule has 2 aliphatic rings. The highest BCUT2D eigenvalue weighted by Gasteiger charge is 2.40. The van der Waals surface area contributed by atoms with Gasteiger partial charge in [-0.2, -0.15) is 0 Å². The molecule has 0 bridgehead atoms. The van der Waals surface area contributed by atoms with Crippen LogP contribution < -0.4 is 4.90 Å². The van der Waals surface area contributed by atoms with Crippen molar-refractivity contribution in [1.82, 2.24) is 14.9 Å². The number of aromatic nitrogens is 2. The molecule has 104 valence electrons. The summed E-state index contributed by atoms with van der Waals surface area (Å²) in [6.07, 6.45) is 5.39. The van der Waals surface area contributed by atoms with Gasteiger partial charge in [0.1, 0.15) is 5.76 Å². The van der Waals surface area contributed by atoms with Crippen LogP contribution in [0, 0.1) is 11.8 Å². The summed E-state index contributed by atoms with van der Waals surface area (Å²) in [4.78, 5) is 13.5. The molecule has 2 aromatic heterocycles. The minimum Gasteiger partial charge on any atom is -0.468 e. The summed E-state index contributed by atoms with van der Waals surface area (Å²) in [6.45, 7) is 5.37. The maximum absolute atomic E-state index is 5.44. The first-order valence-corrected chi connectivity index (χ1v) is 7.15. The van der Waals surface area contributed by atoms with Crippen molar-refractivity contribution >= 4 is 5.95 Å². The Labute approximate surface area is 118 Å². The Kier molecular flexibility index (Phi) is 2.92. The monoisotopic (exact) mass is 270 g/mol. The molecule has 2 saturated heterocycles. The molecule has 0 N–H and O–H groups in total. The van der Waals surface area contributed by atoms with E-state index in [2.05, 4.69) is 25.8 Å². The smallest absolute Gasteiger partial charge is 0.225 e. The van der Waals surface area contributed by atoms with Crippen LogP contribution in [0.2, 0.25) is 0 Å². The van der Waals surface area contributed by atoms with Crippen molar-refractivity contribution in [3.63, 3.8) is 0 Å². The summed E-state index contributed by atoms with van der Waals surface area (Å²) in [5.41, 5.74) is 0.